The van der Waals surface area contributed by atoms with E-state index in [1.54, 1.807) is 24.3 Å². The van der Waals surface area contributed by atoms with Crippen molar-refractivity contribution in [2.75, 3.05) is 0 Å². The average Bonchev–Trinajstić information content (AvgIpc) is 3.74. The number of halogens is 3. The molecule has 2 fully saturated rings. The number of aryl methyl sites for hydroxylation is 1. The number of aromatic amines is 1. The third-order valence-corrected chi connectivity index (χ3v) is 9.16. The molecule has 2 aromatic carbocycles. The smallest absolute Gasteiger partial charge is 0.416 e. The number of alkyl halides is 3. The quantitative estimate of drug-likeness (QED) is 0.228. The van der Waals surface area contributed by atoms with Gasteiger partial charge in [-0.2, -0.15) is 13.2 Å². The van der Waals surface area contributed by atoms with Gasteiger partial charge in [0.15, 0.2) is 6.10 Å². The highest BCUT2D eigenvalue weighted by molar-refractivity contribution is 5.87. The van der Waals surface area contributed by atoms with Gasteiger partial charge in [0.2, 0.25) is 6.29 Å². The molecule has 2 aliphatic carbocycles. The summed E-state index contributed by atoms with van der Waals surface area (Å²) in [6, 6.07) is 9.80. The highest BCUT2D eigenvalue weighted by Crippen LogP contribution is 2.43. The number of H-pyrrole nitrogens is 1. The van der Waals surface area contributed by atoms with E-state index in [4.69, 9.17) is 14.2 Å². The molecular weight excluding hydrogens is 599 g/mol. The second-order valence-corrected chi connectivity index (χ2v) is 12.1. The van der Waals surface area contributed by atoms with Crippen LogP contribution < -0.4 is 4.74 Å². The van der Waals surface area contributed by atoms with Gasteiger partial charge in [-0.05, 0) is 72.6 Å². The molecule has 0 unspecified atom stereocenters. The average molecular weight is 634 g/mol. The maximum absolute atomic E-state index is 13.9. The zero-order valence-electron chi connectivity index (χ0n) is 24.1. The zero-order chi connectivity index (χ0) is 32.0. The van der Waals surface area contributed by atoms with E-state index in [2.05, 4.69) is 4.98 Å². The maximum Gasteiger partial charge on any atom is 0.416 e. The van der Waals surface area contributed by atoms with Crippen molar-refractivity contribution in [2.24, 2.45) is 0 Å². The lowest BCUT2D eigenvalue weighted by atomic mass is 9.91. The van der Waals surface area contributed by atoms with E-state index in [0.29, 0.717) is 29.7 Å². The van der Waals surface area contributed by atoms with Crippen LogP contribution in [0.15, 0.2) is 36.4 Å². The Morgan fingerprint density at radius 1 is 0.978 bits per heavy atom. The number of carboxylic acid groups (broad SMARTS) is 1. The van der Waals surface area contributed by atoms with Gasteiger partial charge in [-0.3, -0.25) is 4.79 Å². The van der Waals surface area contributed by atoms with Gasteiger partial charge in [0.1, 0.15) is 30.7 Å². The summed E-state index contributed by atoms with van der Waals surface area (Å²) in [6.07, 6.45) is -9.21. The first-order valence-corrected chi connectivity index (χ1v) is 15.0. The number of nitrogens with one attached hydrogen (secondary N) is 1. The molecule has 3 aromatic rings. The van der Waals surface area contributed by atoms with Crippen molar-refractivity contribution in [3.63, 3.8) is 0 Å². The van der Waals surface area contributed by atoms with Crippen LogP contribution in [0.4, 0.5) is 13.2 Å². The van der Waals surface area contributed by atoms with Crippen molar-refractivity contribution in [1.82, 2.24) is 4.98 Å². The Morgan fingerprint density at radius 2 is 1.73 bits per heavy atom. The third kappa shape index (κ3) is 6.26. The minimum atomic E-state index is -4.45. The second kappa shape index (κ2) is 12.3. The summed E-state index contributed by atoms with van der Waals surface area (Å²) in [5, 5.41) is 40.0. The number of carbonyl (C=O) groups is 2. The normalized spacial score (nSPS) is 27.1. The Morgan fingerprint density at radius 3 is 2.44 bits per heavy atom. The molecule has 1 saturated carbocycles. The predicted molar refractivity (Wildman–Crippen MR) is 151 cm³/mol. The van der Waals surface area contributed by atoms with Crippen LogP contribution in [-0.2, 0) is 38.3 Å². The van der Waals surface area contributed by atoms with Crippen LogP contribution in [0.2, 0.25) is 0 Å². The molecule has 0 spiro atoms. The number of carboxylic acids is 1. The van der Waals surface area contributed by atoms with Crippen molar-refractivity contribution >= 4 is 22.8 Å². The lowest BCUT2D eigenvalue weighted by Crippen LogP contribution is -2.60. The van der Waals surface area contributed by atoms with Gasteiger partial charge in [0, 0.05) is 22.5 Å². The standard InChI is InChI=1S/C32H34F3NO9/c33-32(34,35)22-11-15(5-8-19(22)16-3-1-2-4-16)14-43-18-7-10-23-21(13-18)20-9-6-17(25(20)36-23)12-24(37)44-31-28(40)26(38)27(39)29(45-31)30(41)42/h5,7-8,10-11,13,16-17,26-29,31,36,38-40H,1-4,6,9,12,14H2,(H,41,42)/t17-,26+,27+,28-,29+,31+/m1/s1. The number of carbonyl (C=O) groups excluding carboxylic acids is 1. The summed E-state index contributed by atoms with van der Waals surface area (Å²) in [4.78, 5) is 27.4. The van der Waals surface area contributed by atoms with Crippen LogP contribution in [0, 0.1) is 0 Å². The number of fused-ring (bicyclic) bond motifs is 3. The van der Waals surface area contributed by atoms with Crippen LogP contribution in [0.1, 0.15) is 78.3 Å². The third-order valence-electron chi connectivity index (χ3n) is 9.16. The molecule has 242 valence electrons. The van der Waals surface area contributed by atoms with Crippen LogP contribution in [-0.4, -0.2) is 68.1 Å². The number of hydrogen-bond donors (Lipinski definition) is 5. The van der Waals surface area contributed by atoms with Crippen LogP contribution in [0.5, 0.6) is 5.75 Å². The largest absolute Gasteiger partial charge is 0.489 e. The van der Waals surface area contributed by atoms with Crippen molar-refractivity contribution in [2.45, 2.75) is 100 Å². The van der Waals surface area contributed by atoms with Crippen LogP contribution in [0.25, 0.3) is 10.9 Å². The van der Waals surface area contributed by atoms with Gasteiger partial charge in [-0.1, -0.05) is 25.0 Å². The Balaban J connectivity index is 1.12. The number of aliphatic carboxylic acids is 1. The van der Waals surface area contributed by atoms with Gasteiger partial charge >= 0.3 is 18.1 Å². The van der Waals surface area contributed by atoms with Gasteiger partial charge in [0.25, 0.3) is 0 Å². The number of rotatable bonds is 8. The predicted octanol–water partition coefficient (Wildman–Crippen LogP) is 4.28. The summed E-state index contributed by atoms with van der Waals surface area (Å²) in [5.74, 6) is -2.24. The van der Waals surface area contributed by atoms with E-state index in [9.17, 15) is 43.2 Å². The first kappa shape index (κ1) is 31.3. The highest BCUT2D eigenvalue weighted by atomic mass is 19.4. The summed E-state index contributed by atoms with van der Waals surface area (Å²) in [6.45, 7) is -0.0375. The lowest BCUT2D eigenvalue weighted by Gasteiger charge is -2.38. The first-order chi connectivity index (χ1) is 21.4. The molecule has 1 aromatic heterocycles. The van der Waals surface area contributed by atoms with Crippen molar-refractivity contribution in [3.8, 4) is 5.75 Å². The van der Waals surface area contributed by atoms with Crippen LogP contribution in [0.3, 0.4) is 0 Å². The molecule has 0 amide bonds. The second-order valence-electron chi connectivity index (χ2n) is 12.1. The van der Waals surface area contributed by atoms with Gasteiger partial charge < -0.3 is 39.6 Å². The SMILES string of the molecule is O=C(C[C@H]1CCc2c1[nH]c1ccc(OCc3ccc(C4CCCC4)c(C(F)(F)F)c3)cc21)O[C@H]1O[C@H](C(=O)O)[C@@H](O)[C@H](O)[C@H]1O. The first-order valence-electron chi connectivity index (χ1n) is 15.0. The summed E-state index contributed by atoms with van der Waals surface area (Å²) >= 11 is 0. The van der Waals surface area contributed by atoms with E-state index >= 15 is 0 Å². The zero-order valence-corrected chi connectivity index (χ0v) is 24.1. The summed E-state index contributed by atoms with van der Waals surface area (Å²) < 4.78 is 57.8. The van der Waals surface area contributed by atoms with E-state index in [0.717, 1.165) is 47.8 Å². The molecule has 45 heavy (non-hydrogen) atoms. The van der Waals surface area contributed by atoms with Crippen molar-refractivity contribution in [3.05, 3.63) is 64.3 Å². The van der Waals surface area contributed by atoms with E-state index in [-0.39, 0.29) is 24.9 Å². The minimum absolute atomic E-state index is 0.0375. The molecule has 6 atom stereocenters. The highest BCUT2D eigenvalue weighted by Gasteiger charge is 2.48. The molecular formula is C32H34F3NO9. The van der Waals surface area contributed by atoms with E-state index in [1.807, 2.05) is 6.07 Å². The minimum Gasteiger partial charge on any atom is -0.489 e. The molecule has 5 N–H and O–H groups in total. The molecule has 1 aliphatic heterocycles. The molecule has 2 heterocycles. The molecule has 3 aliphatic rings. The fourth-order valence-electron chi connectivity index (χ4n) is 6.85. The number of hydrogen-bond acceptors (Lipinski definition) is 8. The van der Waals surface area contributed by atoms with Crippen molar-refractivity contribution < 1.29 is 57.4 Å². The number of esters is 1. The van der Waals surface area contributed by atoms with Gasteiger partial charge in [-0.25, -0.2) is 4.79 Å². The number of ether oxygens (including phenoxy) is 3. The number of aromatic nitrogens is 1. The lowest BCUT2D eigenvalue weighted by molar-refractivity contribution is -0.286. The van der Waals surface area contributed by atoms with Gasteiger partial charge in [-0.15, -0.1) is 0 Å². The summed E-state index contributed by atoms with van der Waals surface area (Å²) in [7, 11) is 0. The molecule has 0 radical (unpaired) electrons. The molecule has 1 saturated heterocycles. The Bertz CT molecular complexity index is 1580. The molecule has 10 nitrogen and oxygen atoms in total. The summed E-state index contributed by atoms with van der Waals surface area (Å²) in [5.41, 5.74) is 2.74. The number of aliphatic hydroxyl groups is 3. The van der Waals surface area contributed by atoms with E-state index in [1.165, 1.54) is 6.07 Å². The molecule has 13 heteroatoms. The Kier molecular flexibility index (Phi) is 8.55. The molecule has 6 rings (SSSR count). The fraction of sp³-hybridized carbons (Fsp3) is 0.500. The monoisotopic (exact) mass is 633 g/mol. The number of aliphatic hydroxyl groups excluding tert-OH is 3. The van der Waals surface area contributed by atoms with Crippen LogP contribution >= 0.6 is 0 Å². The van der Waals surface area contributed by atoms with E-state index < -0.39 is 54.4 Å². The van der Waals surface area contributed by atoms with Crippen molar-refractivity contribution in [1.29, 1.82) is 0 Å². The maximum atomic E-state index is 13.9. The topological polar surface area (TPSA) is 159 Å². The van der Waals surface area contributed by atoms with Gasteiger partial charge in [0.05, 0.1) is 12.0 Å². The molecule has 0 bridgehead atoms. The number of benzene rings is 2. The Labute approximate surface area is 255 Å². The Hall–Kier alpha value is -3.65. The fourth-order valence-corrected chi connectivity index (χ4v) is 6.85.